The summed E-state index contributed by atoms with van der Waals surface area (Å²) < 4.78 is 5.68. The molecular weight excluding hydrogens is 224 g/mol. The van der Waals surface area contributed by atoms with Gasteiger partial charge in [0.15, 0.2) is 0 Å². The van der Waals surface area contributed by atoms with Crippen LogP contribution in [-0.2, 0) is 17.7 Å². The zero-order valence-corrected chi connectivity index (χ0v) is 11.3. The van der Waals surface area contributed by atoms with Gasteiger partial charge in [-0.15, -0.1) is 0 Å². The highest BCUT2D eigenvalue weighted by Gasteiger charge is 2.23. The van der Waals surface area contributed by atoms with E-state index >= 15 is 0 Å². The van der Waals surface area contributed by atoms with Gasteiger partial charge in [-0.05, 0) is 37.5 Å². The largest absolute Gasteiger partial charge is 0.384 e. The standard InChI is InChI=1S/C15H22N2O/c1-11-10-18-12(2)8-17(11)9-13-3-4-15-14(7-13)5-6-16-15/h3-4,7,11-12,16H,5-6,8-10H2,1-2H3. The quantitative estimate of drug-likeness (QED) is 0.866. The average molecular weight is 246 g/mol. The van der Waals surface area contributed by atoms with E-state index in [0.29, 0.717) is 12.1 Å². The maximum atomic E-state index is 5.68. The van der Waals surface area contributed by atoms with Crippen LogP contribution in [0, 0.1) is 0 Å². The second-order valence-electron chi connectivity index (χ2n) is 5.59. The van der Waals surface area contributed by atoms with Crippen LogP contribution in [0.1, 0.15) is 25.0 Å². The summed E-state index contributed by atoms with van der Waals surface area (Å²) in [5, 5.41) is 3.41. The van der Waals surface area contributed by atoms with E-state index in [0.717, 1.165) is 32.7 Å². The second kappa shape index (κ2) is 4.90. The van der Waals surface area contributed by atoms with Crippen molar-refractivity contribution in [1.82, 2.24) is 4.90 Å². The van der Waals surface area contributed by atoms with E-state index in [1.807, 2.05) is 0 Å². The van der Waals surface area contributed by atoms with Gasteiger partial charge in [-0.2, -0.15) is 0 Å². The summed E-state index contributed by atoms with van der Waals surface area (Å²) in [5.74, 6) is 0. The Morgan fingerprint density at radius 1 is 1.39 bits per heavy atom. The van der Waals surface area contributed by atoms with Crippen molar-refractivity contribution in [1.29, 1.82) is 0 Å². The van der Waals surface area contributed by atoms with Crippen molar-refractivity contribution in [2.45, 2.75) is 39.0 Å². The van der Waals surface area contributed by atoms with Crippen molar-refractivity contribution in [2.75, 3.05) is 25.0 Å². The van der Waals surface area contributed by atoms with Crippen molar-refractivity contribution in [2.24, 2.45) is 0 Å². The predicted octanol–water partition coefficient (Wildman–Crippen LogP) is 2.26. The van der Waals surface area contributed by atoms with E-state index in [2.05, 4.69) is 42.3 Å². The predicted molar refractivity (Wildman–Crippen MR) is 73.9 cm³/mol. The molecule has 0 aliphatic carbocycles. The maximum Gasteiger partial charge on any atom is 0.0674 e. The lowest BCUT2D eigenvalue weighted by Crippen LogP contribution is -2.46. The topological polar surface area (TPSA) is 24.5 Å². The Balaban J connectivity index is 1.72. The van der Waals surface area contributed by atoms with E-state index < -0.39 is 0 Å². The molecule has 2 atom stereocenters. The van der Waals surface area contributed by atoms with Crippen LogP contribution >= 0.6 is 0 Å². The molecule has 0 bridgehead atoms. The lowest BCUT2D eigenvalue weighted by atomic mass is 10.1. The van der Waals surface area contributed by atoms with E-state index in [1.165, 1.54) is 16.8 Å². The molecule has 0 saturated carbocycles. The first-order valence-electron chi connectivity index (χ1n) is 6.93. The van der Waals surface area contributed by atoms with E-state index in [-0.39, 0.29) is 0 Å². The summed E-state index contributed by atoms with van der Waals surface area (Å²) in [4.78, 5) is 2.53. The molecular formula is C15H22N2O. The first-order valence-corrected chi connectivity index (χ1v) is 6.93. The van der Waals surface area contributed by atoms with Crippen molar-refractivity contribution in [3.63, 3.8) is 0 Å². The summed E-state index contributed by atoms with van der Waals surface area (Å²) >= 11 is 0. The van der Waals surface area contributed by atoms with Crippen LogP contribution < -0.4 is 5.32 Å². The van der Waals surface area contributed by atoms with Crippen LogP contribution in [0.3, 0.4) is 0 Å². The third kappa shape index (κ3) is 2.38. The zero-order valence-electron chi connectivity index (χ0n) is 11.3. The summed E-state index contributed by atoms with van der Waals surface area (Å²) in [7, 11) is 0. The molecule has 0 aromatic heterocycles. The fraction of sp³-hybridized carbons (Fsp3) is 0.600. The number of hydrogen-bond donors (Lipinski definition) is 1. The van der Waals surface area contributed by atoms with E-state index in [1.54, 1.807) is 0 Å². The Labute approximate surface area is 109 Å². The van der Waals surface area contributed by atoms with Gasteiger partial charge in [-0.3, -0.25) is 4.90 Å². The third-order valence-electron chi connectivity index (χ3n) is 4.00. The molecule has 3 rings (SSSR count). The van der Waals surface area contributed by atoms with Gasteiger partial charge in [0.25, 0.3) is 0 Å². The Bertz CT molecular complexity index is 433. The monoisotopic (exact) mass is 246 g/mol. The number of nitrogens with zero attached hydrogens (tertiary/aromatic N) is 1. The minimum atomic E-state index is 0.359. The van der Waals surface area contributed by atoms with Gasteiger partial charge in [-0.25, -0.2) is 0 Å². The highest BCUT2D eigenvalue weighted by Crippen LogP contribution is 2.24. The average Bonchev–Trinajstić information content (AvgIpc) is 2.81. The summed E-state index contributed by atoms with van der Waals surface area (Å²) in [6, 6.07) is 7.37. The van der Waals surface area contributed by atoms with Gasteiger partial charge in [-0.1, -0.05) is 12.1 Å². The highest BCUT2D eigenvalue weighted by atomic mass is 16.5. The summed E-state index contributed by atoms with van der Waals surface area (Å²) in [6.07, 6.45) is 1.52. The lowest BCUT2D eigenvalue weighted by molar-refractivity contribution is -0.0526. The normalized spacial score (nSPS) is 27.9. The number of fused-ring (bicyclic) bond motifs is 1. The number of morpholine rings is 1. The first kappa shape index (κ1) is 12.0. The minimum absolute atomic E-state index is 0.359. The molecule has 1 aromatic rings. The Kier molecular flexibility index (Phi) is 3.27. The molecule has 2 heterocycles. The molecule has 1 aromatic carbocycles. The van der Waals surface area contributed by atoms with Crippen LogP contribution in [0.15, 0.2) is 18.2 Å². The zero-order chi connectivity index (χ0) is 12.5. The van der Waals surface area contributed by atoms with Crippen molar-refractivity contribution >= 4 is 5.69 Å². The smallest absolute Gasteiger partial charge is 0.0674 e. The molecule has 2 aliphatic heterocycles. The number of anilines is 1. The van der Waals surface area contributed by atoms with Crippen LogP contribution in [0.2, 0.25) is 0 Å². The summed E-state index contributed by atoms with van der Waals surface area (Å²) in [5.41, 5.74) is 4.22. The fourth-order valence-electron chi connectivity index (χ4n) is 2.88. The van der Waals surface area contributed by atoms with Crippen LogP contribution in [0.25, 0.3) is 0 Å². The van der Waals surface area contributed by atoms with Crippen LogP contribution in [-0.4, -0.2) is 36.7 Å². The van der Waals surface area contributed by atoms with Gasteiger partial charge in [0, 0.05) is 31.4 Å². The van der Waals surface area contributed by atoms with Gasteiger partial charge < -0.3 is 10.1 Å². The Morgan fingerprint density at radius 3 is 3.17 bits per heavy atom. The molecule has 0 radical (unpaired) electrons. The van der Waals surface area contributed by atoms with E-state index in [9.17, 15) is 0 Å². The van der Waals surface area contributed by atoms with Crippen molar-refractivity contribution < 1.29 is 4.74 Å². The first-order chi connectivity index (χ1) is 8.72. The molecule has 0 amide bonds. The maximum absolute atomic E-state index is 5.68. The molecule has 1 fully saturated rings. The van der Waals surface area contributed by atoms with Gasteiger partial charge in [0.2, 0.25) is 0 Å². The SMILES string of the molecule is CC1CN(Cc2ccc3c(c2)CCN3)C(C)CO1. The van der Waals surface area contributed by atoms with Crippen molar-refractivity contribution in [3.8, 4) is 0 Å². The fourth-order valence-corrected chi connectivity index (χ4v) is 2.88. The number of benzene rings is 1. The molecule has 1 N–H and O–H groups in total. The van der Waals surface area contributed by atoms with Crippen LogP contribution in [0.5, 0.6) is 0 Å². The number of ether oxygens (including phenoxy) is 1. The molecule has 0 spiro atoms. The molecule has 2 unspecified atom stereocenters. The van der Waals surface area contributed by atoms with Crippen molar-refractivity contribution in [3.05, 3.63) is 29.3 Å². The third-order valence-corrected chi connectivity index (χ3v) is 4.00. The highest BCUT2D eigenvalue weighted by molar-refractivity contribution is 5.56. The molecule has 3 nitrogen and oxygen atoms in total. The second-order valence-corrected chi connectivity index (χ2v) is 5.59. The lowest BCUT2D eigenvalue weighted by Gasteiger charge is -2.36. The van der Waals surface area contributed by atoms with Gasteiger partial charge in [0.1, 0.15) is 0 Å². The molecule has 18 heavy (non-hydrogen) atoms. The molecule has 2 aliphatic rings. The van der Waals surface area contributed by atoms with Gasteiger partial charge in [0.05, 0.1) is 12.7 Å². The Morgan fingerprint density at radius 2 is 2.28 bits per heavy atom. The molecule has 1 saturated heterocycles. The summed E-state index contributed by atoms with van der Waals surface area (Å²) in [6.45, 7) is 8.43. The Hall–Kier alpha value is -1.06. The van der Waals surface area contributed by atoms with Crippen LogP contribution in [0.4, 0.5) is 5.69 Å². The van der Waals surface area contributed by atoms with E-state index in [4.69, 9.17) is 4.74 Å². The number of nitrogens with one attached hydrogen (secondary N) is 1. The molecule has 98 valence electrons. The molecule has 3 heteroatoms. The number of rotatable bonds is 2. The van der Waals surface area contributed by atoms with Gasteiger partial charge >= 0.3 is 0 Å². The number of hydrogen-bond acceptors (Lipinski definition) is 3. The minimum Gasteiger partial charge on any atom is -0.384 e.